The van der Waals surface area contributed by atoms with Crippen LogP contribution in [0.25, 0.3) is 17.1 Å². The molecule has 1 aliphatic rings. The van der Waals surface area contributed by atoms with Crippen LogP contribution in [0.3, 0.4) is 0 Å². The molecular formula is C23H25N5O2S. The van der Waals surface area contributed by atoms with Crippen LogP contribution >= 0.6 is 11.8 Å². The van der Waals surface area contributed by atoms with Crippen molar-refractivity contribution in [3.63, 3.8) is 0 Å². The third-order valence-electron chi connectivity index (χ3n) is 5.33. The number of aryl methyl sites for hydroxylation is 1. The highest BCUT2D eigenvalue weighted by molar-refractivity contribution is 7.99. The number of nitrogens with zero attached hydrogens (tertiary/aromatic N) is 5. The molecule has 0 saturated carbocycles. The number of piperazine rings is 1. The molecule has 2 aromatic carbocycles. The fraction of sp³-hybridized carbons (Fsp3) is 0.304. The smallest absolute Gasteiger partial charge is 0.233 e. The minimum absolute atomic E-state index is 0.0493. The average Bonchev–Trinajstić information content (AvgIpc) is 3.22. The van der Waals surface area contributed by atoms with Gasteiger partial charge >= 0.3 is 0 Å². The van der Waals surface area contributed by atoms with Crippen molar-refractivity contribution in [1.82, 2.24) is 24.6 Å². The lowest BCUT2D eigenvalue weighted by Gasteiger charge is -2.34. The molecule has 2 amide bonds. The molecule has 0 radical (unpaired) electrons. The highest BCUT2D eigenvalue weighted by Crippen LogP contribution is 2.28. The second-order valence-electron chi connectivity index (χ2n) is 7.52. The summed E-state index contributed by atoms with van der Waals surface area (Å²) in [7, 11) is 0. The number of carbonyl (C=O) groups is 2. The predicted molar refractivity (Wildman–Crippen MR) is 121 cm³/mol. The van der Waals surface area contributed by atoms with Crippen molar-refractivity contribution in [2.75, 3.05) is 31.9 Å². The average molecular weight is 436 g/mol. The Kier molecular flexibility index (Phi) is 6.36. The first-order valence-electron chi connectivity index (χ1n) is 10.3. The molecule has 1 fully saturated rings. The molecular weight excluding hydrogens is 410 g/mol. The lowest BCUT2D eigenvalue weighted by Crippen LogP contribution is -2.50. The van der Waals surface area contributed by atoms with Gasteiger partial charge in [-0.05, 0) is 24.6 Å². The van der Waals surface area contributed by atoms with Gasteiger partial charge in [-0.2, -0.15) is 0 Å². The van der Waals surface area contributed by atoms with E-state index >= 15 is 0 Å². The number of benzene rings is 2. The maximum absolute atomic E-state index is 12.8. The molecule has 1 saturated heterocycles. The zero-order valence-electron chi connectivity index (χ0n) is 17.7. The summed E-state index contributed by atoms with van der Waals surface area (Å²) in [6, 6.07) is 18.1. The van der Waals surface area contributed by atoms with Gasteiger partial charge in [-0.15, -0.1) is 10.2 Å². The van der Waals surface area contributed by atoms with Crippen LogP contribution in [0.4, 0.5) is 0 Å². The van der Waals surface area contributed by atoms with E-state index in [-0.39, 0.29) is 17.6 Å². The van der Waals surface area contributed by atoms with Crippen LogP contribution in [0, 0.1) is 6.92 Å². The number of carbonyl (C=O) groups excluding carboxylic acids is 2. The topological polar surface area (TPSA) is 71.3 Å². The van der Waals surface area contributed by atoms with Crippen LogP contribution < -0.4 is 0 Å². The highest BCUT2D eigenvalue weighted by Gasteiger charge is 2.23. The van der Waals surface area contributed by atoms with Gasteiger partial charge in [0.2, 0.25) is 11.8 Å². The molecule has 7 nitrogen and oxygen atoms in total. The Balaban J connectivity index is 1.54. The predicted octanol–water partition coefficient (Wildman–Crippen LogP) is 3.03. The lowest BCUT2D eigenvalue weighted by molar-refractivity contribution is -0.136. The maximum atomic E-state index is 12.8. The van der Waals surface area contributed by atoms with Gasteiger partial charge in [-0.1, -0.05) is 54.2 Å². The molecule has 0 spiro atoms. The molecule has 8 heteroatoms. The van der Waals surface area contributed by atoms with Gasteiger partial charge in [0.25, 0.3) is 0 Å². The zero-order chi connectivity index (χ0) is 21.8. The Labute approximate surface area is 186 Å². The normalized spacial score (nSPS) is 14.0. The van der Waals surface area contributed by atoms with E-state index in [1.165, 1.54) is 11.8 Å². The summed E-state index contributed by atoms with van der Waals surface area (Å²) >= 11 is 1.39. The van der Waals surface area contributed by atoms with E-state index in [1.54, 1.807) is 11.8 Å². The Morgan fingerprint density at radius 1 is 0.935 bits per heavy atom. The first kappa shape index (κ1) is 21.1. The van der Waals surface area contributed by atoms with E-state index in [1.807, 2.05) is 64.9 Å². The molecule has 2 heterocycles. The van der Waals surface area contributed by atoms with Crippen LogP contribution in [-0.2, 0) is 9.59 Å². The largest absolute Gasteiger partial charge is 0.339 e. The summed E-state index contributed by atoms with van der Waals surface area (Å²) in [6.45, 7) is 5.92. The monoisotopic (exact) mass is 435 g/mol. The van der Waals surface area contributed by atoms with Crippen LogP contribution in [0.5, 0.6) is 0 Å². The molecule has 0 bridgehead atoms. The minimum atomic E-state index is 0.0493. The Morgan fingerprint density at radius 2 is 1.65 bits per heavy atom. The summed E-state index contributed by atoms with van der Waals surface area (Å²) in [5, 5.41) is 9.52. The highest BCUT2D eigenvalue weighted by atomic mass is 32.2. The van der Waals surface area contributed by atoms with E-state index in [2.05, 4.69) is 16.3 Å². The fourth-order valence-electron chi connectivity index (χ4n) is 3.63. The summed E-state index contributed by atoms with van der Waals surface area (Å²) in [6.07, 6.45) is 0. The van der Waals surface area contributed by atoms with Gasteiger partial charge in [0, 0.05) is 44.4 Å². The SMILES string of the molecule is CC(=O)N1CCN(C(=O)CSc2nnc(-c3ccccc3)n2-c2cccc(C)c2)CC1. The van der Waals surface area contributed by atoms with Gasteiger partial charge in [0.1, 0.15) is 0 Å². The van der Waals surface area contributed by atoms with Crippen LogP contribution in [0.2, 0.25) is 0 Å². The number of aromatic nitrogens is 3. The van der Waals surface area contributed by atoms with E-state index in [4.69, 9.17) is 0 Å². The third kappa shape index (κ3) is 4.80. The molecule has 1 aliphatic heterocycles. The summed E-state index contributed by atoms with van der Waals surface area (Å²) < 4.78 is 2.01. The van der Waals surface area contributed by atoms with Crippen molar-refractivity contribution in [2.45, 2.75) is 19.0 Å². The van der Waals surface area contributed by atoms with Gasteiger partial charge in [-0.3, -0.25) is 14.2 Å². The molecule has 0 unspecified atom stereocenters. The van der Waals surface area contributed by atoms with E-state index in [9.17, 15) is 9.59 Å². The number of hydrogen-bond donors (Lipinski definition) is 0. The van der Waals surface area contributed by atoms with Crippen molar-refractivity contribution >= 4 is 23.6 Å². The van der Waals surface area contributed by atoms with Crippen LogP contribution in [-0.4, -0.2) is 68.3 Å². The second kappa shape index (κ2) is 9.34. The third-order valence-corrected chi connectivity index (χ3v) is 6.24. The van der Waals surface area contributed by atoms with Crippen molar-refractivity contribution in [2.24, 2.45) is 0 Å². The Bertz CT molecular complexity index is 1070. The molecule has 31 heavy (non-hydrogen) atoms. The van der Waals surface area contributed by atoms with Crippen molar-refractivity contribution in [3.8, 4) is 17.1 Å². The quantitative estimate of drug-likeness (QED) is 0.576. The number of hydrogen-bond acceptors (Lipinski definition) is 5. The summed E-state index contributed by atoms with van der Waals surface area (Å²) in [5.41, 5.74) is 3.07. The first-order valence-corrected chi connectivity index (χ1v) is 11.3. The maximum Gasteiger partial charge on any atom is 0.233 e. The van der Waals surface area contributed by atoms with E-state index in [0.29, 0.717) is 31.3 Å². The van der Waals surface area contributed by atoms with Crippen LogP contribution in [0.1, 0.15) is 12.5 Å². The molecule has 3 aromatic rings. The fourth-order valence-corrected chi connectivity index (χ4v) is 4.48. The zero-order valence-corrected chi connectivity index (χ0v) is 18.5. The molecule has 0 aliphatic carbocycles. The first-order chi connectivity index (χ1) is 15.0. The molecule has 160 valence electrons. The molecule has 0 atom stereocenters. The van der Waals surface area contributed by atoms with Crippen molar-refractivity contribution in [1.29, 1.82) is 0 Å². The van der Waals surface area contributed by atoms with Crippen molar-refractivity contribution < 1.29 is 9.59 Å². The molecule has 1 aromatic heterocycles. The van der Waals surface area contributed by atoms with Gasteiger partial charge in [0.05, 0.1) is 5.75 Å². The Hall–Kier alpha value is -3.13. The van der Waals surface area contributed by atoms with Crippen LogP contribution in [0.15, 0.2) is 59.8 Å². The number of thioether (sulfide) groups is 1. The van der Waals surface area contributed by atoms with Gasteiger partial charge in [-0.25, -0.2) is 0 Å². The second-order valence-corrected chi connectivity index (χ2v) is 8.46. The minimum Gasteiger partial charge on any atom is -0.339 e. The van der Waals surface area contributed by atoms with E-state index < -0.39 is 0 Å². The molecule has 4 rings (SSSR count). The number of amides is 2. The Morgan fingerprint density at radius 3 is 2.32 bits per heavy atom. The van der Waals surface area contributed by atoms with E-state index in [0.717, 1.165) is 22.6 Å². The lowest BCUT2D eigenvalue weighted by atomic mass is 10.2. The number of rotatable bonds is 5. The van der Waals surface area contributed by atoms with Gasteiger partial charge < -0.3 is 9.80 Å². The summed E-state index contributed by atoms with van der Waals surface area (Å²) in [5.74, 6) is 1.13. The summed E-state index contributed by atoms with van der Waals surface area (Å²) in [4.78, 5) is 27.9. The molecule has 0 N–H and O–H groups in total. The van der Waals surface area contributed by atoms with Gasteiger partial charge in [0.15, 0.2) is 11.0 Å². The standard InChI is InChI=1S/C23H25N5O2S/c1-17-7-6-10-20(15-17)28-22(19-8-4-3-5-9-19)24-25-23(28)31-16-21(30)27-13-11-26(12-14-27)18(2)29/h3-10,15H,11-14,16H2,1-2H3. The van der Waals surface area contributed by atoms with Crippen molar-refractivity contribution in [3.05, 3.63) is 60.2 Å².